The Kier molecular flexibility index (Phi) is 6.37. The molecular formula is C14H30N2. The SMILES string of the molecule is CNC(CN(C)C1CCCCCC1)C(C)C. The van der Waals surface area contributed by atoms with Gasteiger partial charge >= 0.3 is 0 Å². The first-order chi connectivity index (χ1) is 7.65. The van der Waals surface area contributed by atoms with E-state index >= 15 is 0 Å². The van der Waals surface area contributed by atoms with Crippen molar-refractivity contribution in [1.29, 1.82) is 0 Å². The van der Waals surface area contributed by atoms with Crippen molar-refractivity contribution in [2.24, 2.45) is 5.92 Å². The molecule has 16 heavy (non-hydrogen) atoms. The quantitative estimate of drug-likeness (QED) is 0.725. The summed E-state index contributed by atoms with van der Waals surface area (Å²) in [5.74, 6) is 0.721. The third-order valence-electron chi connectivity index (χ3n) is 4.11. The molecule has 1 saturated carbocycles. The molecule has 0 bridgehead atoms. The minimum atomic E-state index is 0.633. The van der Waals surface area contributed by atoms with Crippen molar-refractivity contribution in [1.82, 2.24) is 10.2 Å². The molecule has 0 aromatic carbocycles. The maximum atomic E-state index is 3.45. The van der Waals surface area contributed by atoms with Crippen molar-refractivity contribution in [3.8, 4) is 0 Å². The fourth-order valence-electron chi connectivity index (χ4n) is 2.79. The summed E-state index contributed by atoms with van der Waals surface area (Å²) in [4.78, 5) is 2.59. The van der Waals surface area contributed by atoms with Crippen molar-refractivity contribution >= 4 is 0 Å². The van der Waals surface area contributed by atoms with Crippen LogP contribution in [0, 0.1) is 5.92 Å². The van der Waals surface area contributed by atoms with Gasteiger partial charge in [0.1, 0.15) is 0 Å². The Balaban J connectivity index is 2.39. The number of hydrogen-bond acceptors (Lipinski definition) is 2. The third-order valence-corrected chi connectivity index (χ3v) is 4.11. The fourth-order valence-corrected chi connectivity index (χ4v) is 2.79. The summed E-state index contributed by atoms with van der Waals surface area (Å²) in [6.07, 6.45) is 8.58. The van der Waals surface area contributed by atoms with Crippen LogP contribution in [0.5, 0.6) is 0 Å². The summed E-state index contributed by atoms with van der Waals surface area (Å²) < 4.78 is 0. The molecule has 0 amide bonds. The molecule has 2 nitrogen and oxygen atoms in total. The summed E-state index contributed by atoms with van der Waals surface area (Å²) in [6, 6.07) is 1.46. The molecule has 1 aliphatic carbocycles. The van der Waals surface area contributed by atoms with Crippen molar-refractivity contribution < 1.29 is 0 Å². The monoisotopic (exact) mass is 226 g/mol. The van der Waals surface area contributed by atoms with Crippen LogP contribution in [0.1, 0.15) is 52.4 Å². The molecule has 0 aliphatic heterocycles. The van der Waals surface area contributed by atoms with Crippen molar-refractivity contribution in [3.63, 3.8) is 0 Å². The Bertz CT molecular complexity index is 172. The van der Waals surface area contributed by atoms with Crippen LogP contribution in [0.4, 0.5) is 0 Å². The lowest BCUT2D eigenvalue weighted by molar-refractivity contribution is 0.185. The van der Waals surface area contributed by atoms with E-state index in [1.807, 2.05) is 0 Å². The van der Waals surface area contributed by atoms with Crippen LogP contribution in [0.3, 0.4) is 0 Å². The predicted octanol–water partition coefficient (Wildman–Crippen LogP) is 2.89. The topological polar surface area (TPSA) is 15.3 Å². The van der Waals surface area contributed by atoms with Crippen LogP contribution < -0.4 is 5.32 Å². The molecule has 1 rings (SSSR count). The van der Waals surface area contributed by atoms with Gasteiger partial charge in [0.25, 0.3) is 0 Å². The van der Waals surface area contributed by atoms with E-state index in [1.165, 1.54) is 45.1 Å². The standard InChI is InChI=1S/C14H30N2/c1-12(2)14(15-3)11-16(4)13-9-7-5-6-8-10-13/h12-15H,5-11H2,1-4H3. The average molecular weight is 226 g/mol. The van der Waals surface area contributed by atoms with Crippen LogP contribution in [-0.4, -0.2) is 37.6 Å². The van der Waals surface area contributed by atoms with E-state index in [4.69, 9.17) is 0 Å². The first kappa shape index (κ1) is 14.0. The Morgan fingerprint density at radius 2 is 1.69 bits per heavy atom. The first-order valence-corrected chi connectivity index (χ1v) is 7.02. The molecule has 96 valence electrons. The summed E-state index contributed by atoms with van der Waals surface area (Å²) >= 11 is 0. The lowest BCUT2D eigenvalue weighted by atomic mass is 10.0. The molecule has 0 aromatic heterocycles. The van der Waals surface area contributed by atoms with E-state index in [0.717, 1.165) is 12.0 Å². The Hall–Kier alpha value is -0.0800. The highest BCUT2D eigenvalue weighted by atomic mass is 15.1. The Morgan fingerprint density at radius 1 is 1.12 bits per heavy atom. The highest BCUT2D eigenvalue weighted by Crippen LogP contribution is 2.21. The smallest absolute Gasteiger partial charge is 0.0214 e. The van der Waals surface area contributed by atoms with Gasteiger partial charge in [-0.05, 0) is 32.9 Å². The Labute approximate surface area is 102 Å². The molecule has 0 heterocycles. The zero-order valence-electron chi connectivity index (χ0n) is 11.6. The van der Waals surface area contributed by atoms with Crippen molar-refractivity contribution in [2.45, 2.75) is 64.5 Å². The van der Waals surface area contributed by atoms with Crippen LogP contribution in [-0.2, 0) is 0 Å². The number of nitrogens with one attached hydrogen (secondary N) is 1. The van der Waals surface area contributed by atoms with Crippen molar-refractivity contribution in [2.75, 3.05) is 20.6 Å². The van der Waals surface area contributed by atoms with Gasteiger partial charge in [-0.15, -0.1) is 0 Å². The first-order valence-electron chi connectivity index (χ1n) is 7.02. The van der Waals surface area contributed by atoms with E-state index in [9.17, 15) is 0 Å². The summed E-state index contributed by atoms with van der Waals surface area (Å²) in [5.41, 5.74) is 0. The van der Waals surface area contributed by atoms with Gasteiger partial charge in [-0.25, -0.2) is 0 Å². The molecule has 1 fully saturated rings. The molecule has 1 atom stereocenters. The fraction of sp³-hybridized carbons (Fsp3) is 1.00. The number of hydrogen-bond donors (Lipinski definition) is 1. The van der Waals surface area contributed by atoms with Crippen LogP contribution in [0.2, 0.25) is 0 Å². The van der Waals surface area contributed by atoms with E-state index < -0.39 is 0 Å². The zero-order chi connectivity index (χ0) is 12.0. The summed E-state index contributed by atoms with van der Waals surface area (Å²) in [7, 11) is 4.40. The van der Waals surface area contributed by atoms with Gasteiger partial charge in [0, 0.05) is 18.6 Å². The predicted molar refractivity (Wildman–Crippen MR) is 71.8 cm³/mol. The summed E-state index contributed by atoms with van der Waals surface area (Å²) in [5, 5.41) is 3.45. The number of rotatable bonds is 5. The minimum absolute atomic E-state index is 0.633. The number of likely N-dealkylation sites (N-methyl/N-ethyl adjacent to an activating group) is 2. The minimum Gasteiger partial charge on any atom is -0.315 e. The second-order valence-corrected chi connectivity index (χ2v) is 5.72. The highest BCUT2D eigenvalue weighted by molar-refractivity contribution is 4.78. The van der Waals surface area contributed by atoms with Gasteiger partial charge in [-0.2, -0.15) is 0 Å². The van der Waals surface area contributed by atoms with E-state index in [0.29, 0.717) is 6.04 Å². The molecule has 0 spiro atoms. The maximum absolute atomic E-state index is 3.45. The van der Waals surface area contributed by atoms with Crippen LogP contribution in [0.15, 0.2) is 0 Å². The maximum Gasteiger partial charge on any atom is 0.0214 e. The second kappa shape index (κ2) is 7.29. The van der Waals surface area contributed by atoms with Gasteiger partial charge < -0.3 is 10.2 Å². The van der Waals surface area contributed by atoms with E-state index in [2.05, 4.69) is 38.2 Å². The normalized spacial score (nSPS) is 21.4. The lowest BCUT2D eigenvalue weighted by Gasteiger charge is -2.32. The van der Waals surface area contributed by atoms with Crippen LogP contribution >= 0.6 is 0 Å². The second-order valence-electron chi connectivity index (χ2n) is 5.72. The molecule has 0 aromatic rings. The van der Waals surface area contributed by atoms with Gasteiger partial charge in [-0.3, -0.25) is 0 Å². The molecule has 1 aliphatic rings. The van der Waals surface area contributed by atoms with Gasteiger partial charge in [0.2, 0.25) is 0 Å². The highest BCUT2D eigenvalue weighted by Gasteiger charge is 2.20. The average Bonchev–Trinajstić information content (AvgIpc) is 2.53. The molecule has 1 N–H and O–H groups in total. The van der Waals surface area contributed by atoms with Gasteiger partial charge in [0.15, 0.2) is 0 Å². The number of nitrogens with zero attached hydrogens (tertiary/aromatic N) is 1. The van der Waals surface area contributed by atoms with Crippen LogP contribution in [0.25, 0.3) is 0 Å². The molecular weight excluding hydrogens is 196 g/mol. The molecule has 2 heteroatoms. The lowest BCUT2D eigenvalue weighted by Crippen LogP contribution is -2.44. The zero-order valence-corrected chi connectivity index (χ0v) is 11.6. The van der Waals surface area contributed by atoms with E-state index in [1.54, 1.807) is 0 Å². The summed E-state index contributed by atoms with van der Waals surface area (Å²) in [6.45, 7) is 5.81. The van der Waals surface area contributed by atoms with Crippen molar-refractivity contribution in [3.05, 3.63) is 0 Å². The van der Waals surface area contributed by atoms with Gasteiger partial charge in [0.05, 0.1) is 0 Å². The van der Waals surface area contributed by atoms with Gasteiger partial charge in [-0.1, -0.05) is 39.5 Å². The molecule has 0 radical (unpaired) electrons. The largest absolute Gasteiger partial charge is 0.315 e. The Morgan fingerprint density at radius 3 is 2.12 bits per heavy atom. The third kappa shape index (κ3) is 4.42. The molecule has 0 saturated heterocycles. The van der Waals surface area contributed by atoms with E-state index in [-0.39, 0.29) is 0 Å². The molecule has 1 unspecified atom stereocenters.